The molecular formula is C21H30IN3O3S. The van der Waals surface area contributed by atoms with E-state index in [1.165, 1.54) is 0 Å². The summed E-state index contributed by atoms with van der Waals surface area (Å²) in [6, 6.07) is 16.4. The summed E-state index contributed by atoms with van der Waals surface area (Å²) in [5.74, 6) is 1.39. The van der Waals surface area contributed by atoms with Gasteiger partial charge in [-0.25, -0.2) is 13.4 Å². The van der Waals surface area contributed by atoms with Gasteiger partial charge < -0.3 is 15.4 Å². The number of hydrogen-bond acceptors (Lipinski definition) is 4. The van der Waals surface area contributed by atoms with Crippen LogP contribution in [-0.2, 0) is 9.84 Å². The van der Waals surface area contributed by atoms with E-state index in [0.717, 1.165) is 11.3 Å². The Labute approximate surface area is 191 Å². The van der Waals surface area contributed by atoms with Crippen molar-refractivity contribution in [1.82, 2.24) is 10.6 Å². The lowest BCUT2D eigenvalue weighted by Gasteiger charge is -2.15. The first-order valence-corrected chi connectivity index (χ1v) is 11.1. The van der Waals surface area contributed by atoms with Gasteiger partial charge in [-0.15, -0.1) is 24.0 Å². The van der Waals surface area contributed by atoms with E-state index < -0.39 is 9.84 Å². The Morgan fingerprint density at radius 1 is 1.10 bits per heavy atom. The summed E-state index contributed by atoms with van der Waals surface area (Å²) in [4.78, 5) is 4.83. The van der Waals surface area contributed by atoms with Gasteiger partial charge >= 0.3 is 0 Å². The normalized spacial score (nSPS) is 12.6. The van der Waals surface area contributed by atoms with E-state index in [0.29, 0.717) is 23.9 Å². The molecule has 0 radical (unpaired) electrons. The Balaban J connectivity index is 0.00000420. The van der Waals surface area contributed by atoms with Gasteiger partial charge in [-0.2, -0.15) is 0 Å². The molecule has 6 nitrogen and oxygen atoms in total. The molecule has 2 aromatic rings. The molecule has 160 valence electrons. The van der Waals surface area contributed by atoms with E-state index in [-0.39, 0.29) is 42.4 Å². The number of ether oxygens (including phenoxy) is 1. The highest BCUT2D eigenvalue weighted by atomic mass is 127. The molecule has 0 aliphatic heterocycles. The van der Waals surface area contributed by atoms with E-state index in [1.54, 1.807) is 30.3 Å². The summed E-state index contributed by atoms with van der Waals surface area (Å²) in [5, 5.41) is 6.20. The molecule has 0 spiro atoms. The summed E-state index contributed by atoms with van der Waals surface area (Å²) >= 11 is 0. The van der Waals surface area contributed by atoms with E-state index in [2.05, 4.69) is 15.6 Å². The van der Waals surface area contributed by atoms with Crippen LogP contribution in [0.2, 0.25) is 0 Å². The molecule has 1 atom stereocenters. The first-order valence-electron chi connectivity index (χ1n) is 9.44. The first-order chi connectivity index (χ1) is 13.4. The molecule has 0 bridgehead atoms. The summed E-state index contributed by atoms with van der Waals surface area (Å²) in [5.41, 5.74) is 1.14. The van der Waals surface area contributed by atoms with Gasteiger partial charge in [0.05, 0.1) is 17.2 Å². The minimum atomic E-state index is -3.32. The van der Waals surface area contributed by atoms with Crippen molar-refractivity contribution in [3.05, 3.63) is 60.2 Å². The SMILES string of the molecule is CCNC(=NCC(C)Oc1cccc(C)c1)NCCS(=O)(=O)c1ccccc1.I. The number of benzene rings is 2. The second-order valence-corrected chi connectivity index (χ2v) is 8.63. The highest BCUT2D eigenvalue weighted by Crippen LogP contribution is 2.14. The van der Waals surface area contributed by atoms with Crippen LogP contribution in [0.3, 0.4) is 0 Å². The predicted molar refractivity (Wildman–Crippen MR) is 129 cm³/mol. The fourth-order valence-electron chi connectivity index (χ4n) is 2.57. The number of guanidine groups is 1. The van der Waals surface area contributed by atoms with Gasteiger partial charge in [0.1, 0.15) is 11.9 Å². The maximum atomic E-state index is 12.3. The smallest absolute Gasteiger partial charge is 0.191 e. The van der Waals surface area contributed by atoms with Crippen LogP contribution in [-0.4, -0.2) is 45.9 Å². The number of aryl methyl sites for hydroxylation is 1. The molecule has 0 saturated carbocycles. The van der Waals surface area contributed by atoms with Crippen molar-refractivity contribution in [3.8, 4) is 5.75 Å². The van der Waals surface area contributed by atoms with E-state index in [4.69, 9.17) is 4.74 Å². The molecule has 0 aliphatic rings. The Hall–Kier alpha value is -1.81. The molecule has 2 aromatic carbocycles. The number of aliphatic imine (C=N–C) groups is 1. The standard InChI is InChI=1S/C21H29N3O3S.HI/c1-4-22-21(23-13-14-28(25,26)20-11-6-5-7-12-20)24-16-18(3)27-19-10-8-9-17(2)15-19;/h5-12,15,18H,4,13-14,16H2,1-3H3,(H2,22,23,24);1H. The van der Waals surface area contributed by atoms with E-state index in [1.807, 2.05) is 45.0 Å². The molecule has 0 aliphatic carbocycles. The molecule has 0 fully saturated rings. The molecule has 2 N–H and O–H groups in total. The van der Waals surface area contributed by atoms with Gasteiger partial charge in [-0.3, -0.25) is 0 Å². The molecule has 29 heavy (non-hydrogen) atoms. The minimum Gasteiger partial charge on any atom is -0.489 e. The van der Waals surface area contributed by atoms with Gasteiger partial charge in [0.25, 0.3) is 0 Å². The van der Waals surface area contributed by atoms with Crippen molar-refractivity contribution in [2.24, 2.45) is 4.99 Å². The first kappa shape index (κ1) is 25.2. The van der Waals surface area contributed by atoms with Crippen molar-refractivity contribution in [2.75, 3.05) is 25.4 Å². The summed E-state index contributed by atoms with van der Waals surface area (Å²) in [7, 11) is -3.32. The van der Waals surface area contributed by atoms with Crippen LogP contribution < -0.4 is 15.4 Å². The molecule has 1 unspecified atom stereocenters. The Kier molecular flexibility index (Phi) is 11.0. The van der Waals surface area contributed by atoms with Crippen LogP contribution in [0.4, 0.5) is 0 Å². The van der Waals surface area contributed by atoms with Crippen LogP contribution in [0.5, 0.6) is 5.75 Å². The van der Waals surface area contributed by atoms with E-state index >= 15 is 0 Å². The van der Waals surface area contributed by atoms with Crippen molar-refractivity contribution >= 4 is 39.8 Å². The largest absolute Gasteiger partial charge is 0.489 e. The number of nitrogens with one attached hydrogen (secondary N) is 2. The summed E-state index contributed by atoms with van der Waals surface area (Å²) in [6.07, 6.45) is -0.106. The van der Waals surface area contributed by atoms with Crippen molar-refractivity contribution in [1.29, 1.82) is 0 Å². The molecule has 2 rings (SSSR count). The van der Waals surface area contributed by atoms with Crippen LogP contribution in [0.25, 0.3) is 0 Å². The molecule has 0 saturated heterocycles. The van der Waals surface area contributed by atoms with Gasteiger partial charge in [0.15, 0.2) is 15.8 Å². The Bertz CT molecular complexity index is 874. The molecule has 0 aromatic heterocycles. The number of halogens is 1. The van der Waals surface area contributed by atoms with E-state index in [9.17, 15) is 8.42 Å². The number of sulfone groups is 1. The highest BCUT2D eigenvalue weighted by molar-refractivity contribution is 14.0. The quantitative estimate of drug-likeness (QED) is 0.295. The fourth-order valence-corrected chi connectivity index (χ4v) is 3.75. The number of hydrogen-bond donors (Lipinski definition) is 2. The zero-order valence-electron chi connectivity index (χ0n) is 17.1. The summed E-state index contributed by atoms with van der Waals surface area (Å²) < 4.78 is 30.6. The zero-order valence-corrected chi connectivity index (χ0v) is 20.2. The molecule has 0 heterocycles. The number of rotatable bonds is 9. The van der Waals surface area contributed by atoms with Crippen molar-refractivity contribution < 1.29 is 13.2 Å². The molecule has 8 heteroatoms. The predicted octanol–water partition coefficient (Wildman–Crippen LogP) is 3.41. The average Bonchev–Trinajstić information content (AvgIpc) is 2.67. The maximum absolute atomic E-state index is 12.3. The van der Waals surface area contributed by atoms with Crippen molar-refractivity contribution in [3.63, 3.8) is 0 Å². The monoisotopic (exact) mass is 531 g/mol. The lowest BCUT2D eigenvalue weighted by molar-refractivity contribution is 0.230. The van der Waals surface area contributed by atoms with Gasteiger partial charge in [0.2, 0.25) is 0 Å². The second kappa shape index (κ2) is 12.7. The Morgan fingerprint density at radius 2 is 1.83 bits per heavy atom. The topological polar surface area (TPSA) is 79.8 Å². The third kappa shape index (κ3) is 9.03. The van der Waals surface area contributed by atoms with Crippen LogP contribution in [0.15, 0.2) is 64.5 Å². The lowest BCUT2D eigenvalue weighted by atomic mass is 10.2. The zero-order chi connectivity index (χ0) is 20.4. The molecule has 0 amide bonds. The number of nitrogens with zero attached hydrogens (tertiary/aromatic N) is 1. The molecular weight excluding hydrogens is 501 g/mol. The average molecular weight is 531 g/mol. The second-order valence-electron chi connectivity index (χ2n) is 6.52. The minimum absolute atomic E-state index is 0. The third-order valence-corrected chi connectivity index (χ3v) is 5.68. The highest BCUT2D eigenvalue weighted by Gasteiger charge is 2.13. The maximum Gasteiger partial charge on any atom is 0.191 e. The van der Waals surface area contributed by atoms with Crippen LogP contribution >= 0.6 is 24.0 Å². The Morgan fingerprint density at radius 3 is 2.48 bits per heavy atom. The van der Waals surface area contributed by atoms with Crippen molar-refractivity contribution in [2.45, 2.75) is 31.8 Å². The van der Waals surface area contributed by atoms with Crippen LogP contribution in [0.1, 0.15) is 19.4 Å². The van der Waals surface area contributed by atoms with Gasteiger partial charge in [-0.1, -0.05) is 30.3 Å². The third-order valence-electron chi connectivity index (χ3n) is 3.94. The van der Waals surface area contributed by atoms with Crippen LogP contribution in [0, 0.1) is 6.92 Å². The summed E-state index contributed by atoms with van der Waals surface area (Å²) in [6.45, 7) is 7.35. The van der Waals surface area contributed by atoms with Gasteiger partial charge in [-0.05, 0) is 50.6 Å². The lowest BCUT2D eigenvalue weighted by Crippen LogP contribution is -2.40. The van der Waals surface area contributed by atoms with Gasteiger partial charge in [0, 0.05) is 13.1 Å². The fraction of sp³-hybridized carbons (Fsp3) is 0.381.